The fourth-order valence-corrected chi connectivity index (χ4v) is 2.78. The molecule has 7 nitrogen and oxygen atoms in total. The van der Waals surface area contributed by atoms with Crippen LogP contribution in [0.5, 0.6) is 5.75 Å². The average Bonchev–Trinajstić information content (AvgIpc) is 3.24. The topological polar surface area (TPSA) is 76.4 Å². The fourth-order valence-electron chi connectivity index (χ4n) is 2.78. The molecule has 2 N–H and O–H groups in total. The van der Waals surface area contributed by atoms with E-state index in [4.69, 9.17) is 4.74 Å². The van der Waals surface area contributed by atoms with Gasteiger partial charge in [0.2, 0.25) is 0 Å². The van der Waals surface area contributed by atoms with E-state index in [1.54, 1.807) is 12.4 Å². The summed E-state index contributed by atoms with van der Waals surface area (Å²) in [5.41, 5.74) is 2.03. The molecule has 0 fully saturated rings. The van der Waals surface area contributed by atoms with Crippen molar-refractivity contribution in [1.29, 1.82) is 0 Å². The normalized spacial score (nSPS) is 10.8. The van der Waals surface area contributed by atoms with Crippen LogP contribution in [0.1, 0.15) is 18.3 Å². The van der Waals surface area contributed by atoms with Crippen molar-refractivity contribution in [2.24, 2.45) is 4.99 Å². The molecule has 30 heavy (non-hydrogen) atoms. The number of ether oxygens (including phenoxy) is 1. The number of hydrogen-bond donors (Lipinski definition) is 2. The average molecular weight is 518 g/mol. The molecule has 0 bridgehead atoms. The zero-order valence-corrected chi connectivity index (χ0v) is 19.3. The van der Waals surface area contributed by atoms with E-state index in [0.29, 0.717) is 25.7 Å². The number of aliphatic imine (C=N–C) groups is 1. The Morgan fingerprint density at radius 2 is 1.90 bits per heavy atom. The first-order valence-electron chi connectivity index (χ1n) is 9.60. The lowest BCUT2D eigenvalue weighted by Gasteiger charge is -2.13. The van der Waals surface area contributed by atoms with E-state index in [9.17, 15) is 0 Å². The van der Waals surface area contributed by atoms with Gasteiger partial charge in [0.15, 0.2) is 11.8 Å². The third-order valence-corrected chi connectivity index (χ3v) is 4.15. The van der Waals surface area contributed by atoms with Crippen LogP contribution >= 0.6 is 24.0 Å². The van der Waals surface area contributed by atoms with Crippen LogP contribution in [0.2, 0.25) is 0 Å². The third kappa shape index (κ3) is 6.58. The molecule has 0 aliphatic heterocycles. The number of guanidine groups is 1. The van der Waals surface area contributed by atoms with E-state index in [2.05, 4.69) is 32.4 Å². The number of benzene rings is 2. The number of hydrogen-bond acceptors (Lipinski definition) is 4. The van der Waals surface area contributed by atoms with Gasteiger partial charge in [0.05, 0.1) is 13.1 Å². The van der Waals surface area contributed by atoms with Gasteiger partial charge in [-0.05, 0) is 25.1 Å². The number of rotatable bonds is 9. The number of aromatic nitrogens is 3. The molecule has 0 saturated heterocycles. The molecule has 0 radical (unpaired) electrons. The lowest BCUT2D eigenvalue weighted by Crippen LogP contribution is -2.37. The van der Waals surface area contributed by atoms with E-state index in [-0.39, 0.29) is 24.0 Å². The second-order valence-electron chi connectivity index (χ2n) is 6.21. The third-order valence-electron chi connectivity index (χ3n) is 4.15. The molecule has 2 aromatic carbocycles. The summed E-state index contributed by atoms with van der Waals surface area (Å²) >= 11 is 0. The summed E-state index contributed by atoms with van der Waals surface area (Å²) in [5.74, 6) is 2.32. The Hall–Kier alpha value is -2.88. The van der Waals surface area contributed by atoms with E-state index >= 15 is 0 Å². The predicted octanol–water partition coefficient (Wildman–Crippen LogP) is 3.71. The first-order chi connectivity index (χ1) is 14.3. The highest BCUT2D eigenvalue weighted by molar-refractivity contribution is 14.0. The molecule has 0 amide bonds. The Morgan fingerprint density at radius 3 is 2.67 bits per heavy atom. The largest absolute Gasteiger partial charge is 0.489 e. The molecule has 0 unspecified atom stereocenters. The minimum atomic E-state index is 0. The van der Waals surface area contributed by atoms with Gasteiger partial charge in [-0.1, -0.05) is 49.1 Å². The van der Waals surface area contributed by atoms with Crippen molar-refractivity contribution in [3.8, 4) is 11.4 Å². The molecule has 0 aliphatic carbocycles. The number of nitrogens with one attached hydrogen (secondary N) is 2. The van der Waals surface area contributed by atoms with Crippen LogP contribution in [0.25, 0.3) is 5.69 Å². The van der Waals surface area contributed by atoms with E-state index in [1.165, 1.54) is 0 Å². The molecule has 0 saturated carbocycles. The molecular formula is C22H27IN6O. The number of para-hydroxylation sites is 2. The zero-order valence-electron chi connectivity index (χ0n) is 17.0. The maximum Gasteiger partial charge on any atom is 0.191 e. The summed E-state index contributed by atoms with van der Waals surface area (Å²) in [5, 5.41) is 14.9. The molecule has 3 aromatic rings. The second-order valence-corrected chi connectivity index (χ2v) is 6.21. The van der Waals surface area contributed by atoms with Gasteiger partial charge >= 0.3 is 0 Å². The van der Waals surface area contributed by atoms with E-state index in [1.807, 2.05) is 66.1 Å². The molecule has 158 valence electrons. The van der Waals surface area contributed by atoms with E-state index in [0.717, 1.165) is 29.4 Å². The molecule has 3 rings (SSSR count). The number of halogens is 1. The van der Waals surface area contributed by atoms with Gasteiger partial charge in [0.25, 0.3) is 0 Å². The minimum absolute atomic E-state index is 0. The molecule has 8 heteroatoms. The van der Waals surface area contributed by atoms with Crippen LogP contribution < -0.4 is 15.4 Å². The Morgan fingerprint density at radius 1 is 1.13 bits per heavy atom. The van der Waals surface area contributed by atoms with Gasteiger partial charge < -0.3 is 15.4 Å². The van der Waals surface area contributed by atoms with Crippen molar-refractivity contribution in [2.75, 3.05) is 13.2 Å². The zero-order chi connectivity index (χ0) is 20.3. The molecule has 0 atom stereocenters. The van der Waals surface area contributed by atoms with Gasteiger partial charge in [-0.3, -0.25) is 4.57 Å². The van der Waals surface area contributed by atoms with Crippen molar-refractivity contribution in [2.45, 2.75) is 20.0 Å². The van der Waals surface area contributed by atoms with Gasteiger partial charge in [0.1, 0.15) is 18.7 Å². The monoisotopic (exact) mass is 518 g/mol. The van der Waals surface area contributed by atoms with Gasteiger partial charge in [-0.2, -0.15) is 0 Å². The SMILES string of the molecule is C=CCOc1ccccc1CN=C(NCC)NCc1nncn1-c1ccccc1.I. The summed E-state index contributed by atoms with van der Waals surface area (Å²) in [6, 6.07) is 17.9. The molecule has 1 aromatic heterocycles. The Labute approximate surface area is 194 Å². The van der Waals surface area contributed by atoms with Crippen LogP contribution in [0, 0.1) is 0 Å². The van der Waals surface area contributed by atoms with Gasteiger partial charge in [-0.25, -0.2) is 4.99 Å². The summed E-state index contributed by atoms with van der Waals surface area (Å²) in [4.78, 5) is 4.69. The van der Waals surface area contributed by atoms with Crippen LogP contribution in [0.3, 0.4) is 0 Å². The lowest BCUT2D eigenvalue weighted by atomic mass is 10.2. The van der Waals surface area contributed by atoms with Crippen molar-refractivity contribution in [3.63, 3.8) is 0 Å². The van der Waals surface area contributed by atoms with Gasteiger partial charge in [0, 0.05) is 17.8 Å². The highest BCUT2D eigenvalue weighted by atomic mass is 127. The van der Waals surface area contributed by atoms with Crippen LogP contribution in [-0.4, -0.2) is 33.9 Å². The van der Waals surface area contributed by atoms with Crippen LogP contribution in [0.15, 0.2) is 78.6 Å². The second kappa shape index (κ2) is 12.6. The first-order valence-corrected chi connectivity index (χ1v) is 9.60. The Kier molecular flexibility index (Phi) is 9.85. The maximum atomic E-state index is 5.71. The molecule has 1 heterocycles. The highest BCUT2D eigenvalue weighted by Crippen LogP contribution is 2.18. The fraction of sp³-hybridized carbons (Fsp3) is 0.227. The number of nitrogens with zero attached hydrogens (tertiary/aromatic N) is 4. The van der Waals surface area contributed by atoms with Crippen molar-refractivity contribution in [1.82, 2.24) is 25.4 Å². The summed E-state index contributed by atoms with van der Waals surface area (Å²) < 4.78 is 7.67. The summed E-state index contributed by atoms with van der Waals surface area (Å²) in [6.45, 7) is 7.94. The van der Waals surface area contributed by atoms with Crippen molar-refractivity contribution in [3.05, 3.63) is 85.0 Å². The smallest absolute Gasteiger partial charge is 0.191 e. The Balaban J connectivity index is 0.00000320. The molecule has 0 spiro atoms. The maximum absolute atomic E-state index is 5.71. The molecule has 0 aliphatic rings. The van der Waals surface area contributed by atoms with Crippen molar-refractivity contribution < 1.29 is 4.74 Å². The quantitative estimate of drug-likeness (QED) is 0.196. The Bertz CT molecular complexity index is 942. The van der Waals surface area contributed by atoms with Crippen molar-refractivity contribution >= 4 is 29.9 Å². The van der Waals surface area contributed by atoms with Crippen LogP contribution in [0.4, 0.5) is 0 Å². The predicted molar refractivity (Wildman–Crippen MR) is 131 cm³/mol. The minimum Gasteiger partial charge on any atom is -0.489 e. The van der Waals surface area contributed by atoms with E-state index < -0.39 is 0 Å². The summed E-state index contributed by atoms with van der Waals surface area (Å²) in [6.07, 6.45) is 3.44. The van der Waals surface area contributed by atoms with Crippen LogP contribution in [-0.2, 0) is 13.1 Å². The summed E-state index contributed by atoms with van der Waals surface area (Å²) in [7, 11) is 0. The standard InChI is InChI=1S/C22H26N6O.HI/c1-3-14-29-20-13-9-8-10-18(20)15-24-22(23-4-2)25-16-21-27-26-17-28(21)19-11-6-5-7-12-19;/h3,5-13,17H,1,4,14-16H2,2H3,(H2,23,24,25);1H. The first kappa shape index (κ1) is 23.4. The lowest BCUT2D eigenvalue weighted by molar-refractivity contribution is 0.359. The highest BCUT2D eigenvalue weighted by Gasteiger charge is 2.08. The van der Waals surface area contributed by atoms with Gasteiger partial charge in [-0.15, -0.1) is 34.2 Å². The molecular weight excluding hydrogens is 491 g/mol.